The van der Waals surface area contributed by atoms with Crippen molar-refractivity contribution in [2.45, 2.75) is 13.8 Å². The van der Waals surface area contributed by atoms with E-state index >= 15 is 0 Å². The summed E-state index contributed by atoms with van der Waals surface area (Å²) in [6.07, 6.45) is 0. The van der Waals surface area contributed by atoms with Crippen molar-refractivity contribution in [2.75, 3.05) is 44.2 Å². The Bertz CT molecular complexity index is 931. The fraction of sp³-hybridized carbons (Fsp3) is 0.381. The second kappa shape index (κ2) is 8.08. The van der Waals surface area contributed by atoms with Crippen LogP contribution < -0.4 is 9.80 Å². The van der Waals surface area contributed by atoms with Crippen molar-refractivity contribution in [1.29, 1.82) is 0 Å². The largest absolute Gasteiger partial charge is 0.391 e. The van der Waals surface area contributed by atoms with Gasteiger partial charge >= 0.3 is 0 Å². The zero-order valence-corrected chi connectivity index (χ0v) is 16.5. The molecule has 0 spiro atoms. The number of nitrogens with one attached hydrogen (secondary N) is 1. The second-order valence-corrected chi connectivity index (χ2v) is 7.33. The minimum absolute atomic E-state index is 0.239. The van der Waals surface area contributed by atoms with Gasteiger partial charge in [-0.15, -0.1) is 0 Å². The third-order valence-electron chi connectivity index (χ3n) is 5.23. The fourth-order valence-electron chi connectivity index (χ4n) is 3.73. The first-order valence-electron chi connectivity index (χ1n) is 9.81. The zero-order chi connectivity index (χ0) is 19.5. The van der Waals surface area contributed by atoms with E-state index in [4.69, 9.17) is 9.97 Å². The van der Waals surface area contributed by atoms with Crippen LogP contribution in [0.4, 0.5) is 5.82 Å². The standard InChI is InChI=1S/C21H26N6O/c1-16-14-17(2)27(24-16)21-22-19(18-6-4-3-5-7-18)15-20(23-21)26-10-8-25(9-11-26)12-13-28/h3-7,14-15,28H,8-13H2,1-2H3/p+1. The lowest BCUT2D eigenvalue weighted by atomic mass is 10.1. The number of aromatic nitrogens is 4. The molecule has 0 radical (unpaired) electrons. The highest BCUT2D eigenvalue weighted by atomic mass is 16.3. The van der Waals surface area contributed by atoms with E-state index in [1.807, 2.05) is 42.8 Å². The maximum atomic E-state index is 9.19. The van der Waals surface area contributed by atoms with Crippen LogP contribution in [0.5, 0.6) is 0 Å². The molecule has 0 amide bonds. The first-order valence-corrected chi connectivity index (χ1v) is 9.81. The molecular weight excluding hydrogens is 352 g/mol. The third-order valence-corrected chi connectivity index (χ3v) is 5.23. The Hall–Kier alpha value is -2.77. The predicted molar refractivity (Wildman–Crippen MR) is 109 cm³/mol. The van der Waals surface area contributed by atoms with Crippen molar-refractivity contribution in [3.63, 3.8) is 0 Å². The predicted octanol–water partition coefficient (Wildman–Crippen LogP) is 0.643. The number of quaternary nitrogens is 1. The molecule has 7 nitrogen and oxygen atoms in total. The van der Waals surface area contributed by atoms with Gasteiger partial charge in [-0.05, 0) is 19.9 Å². The summed E-state index contributed by atoms with van der Waals surface area (Å²) in [5, 5.41) is 13.8. The average Bonchev–Trinajstić information content (AvgIpc) is 3.07. The van der Waals surface area contributed by atoms with Gasteiger partial charge in [0.2, 0.25) is 0 Å². The summed E-state index contributed by atoms with van der Waals surface area (Å²) in [7, 11) is 0. The number of rotatable bonds is 5. The van der Waals surface area contributed by atoms with Crippen molar-refractivity contribution in [3.8, 4) is 17.2 Å². The van der Waals surface area contributed by atoms with Crippen molar-refractivity contribution in [3.05, 3.63) is 53.9 Å². The maximum absolute atomic E-state index is 9.19. The minimum atomic E-state index is 0.239. The van der Waals surface area contributed by atoms with Gasteiger partial charge in [-0.2, -0.15) is 10.1 Å². The lowest BCUT2D eigenvalue weighted by Crippen LogP contribution is -3.15. The van der Waals surface area contributed by atoms with Gasteiger partial charge < -0.3 is 14.9 Å². The van der Waals surface area contributed by atoms with Crippen LogP contribution in [0, 0.1) is 13.8 Å². The molecule has 2 aromatic heterocycles. The van der Waals surface area contributed by atoms with E-state index in [2.05, 4.69) is 28.2 Å². The summed E-state index contributed by atoms with van der Waals surface area (Å²) < 4.78 is 1.82. The van der Waals surface area contributed by atoms with Gasteiger partial charge in [-0.25, -0.2) is 9.67 Å². The van der Waals surface area contributed by atoms with Crippen LogP contribution in [-0.4, -0.2) is 64.2 Å². The molecule has 28 heavy (non-hydrogen) atoms. The van der Waals surface area contributed by atoms with E-state index in [9.17, 15) is 5.11 Å². The van der Waals surface area contributed by atoms with Crippen LogP contribution >= 0.6 is 0 Å². The Kier molecular flexibility index (Phi) is 5.36. The lowest BCUT2D eigenvalue weighted by molar-refractivity contribution is -0.900. The summed E-state index contributed by atoms with van der Waals surface area (Å²) in [6, 6.07) is 14.3. The Morgan fingerprint density at radius 3 is 2.43 bits per heavy atom. The van der Waals surface area contributed by atoms with Crippen molar-refractivity contribution < 1.29 is 10.0 Å². The fourth-order valence-corrected chi connectivity index (χ4v) is 3.73. The van der Waals surface area contributed by atoms with Crippen molar-refractivity contribution >= 4 is 5.82 Å². The molecule has 1 aromatic carbocycles. The van der Waals surface area contributed by atoms with Gasteiger partial charge in [0.25, 0.3) is 5.95 Å². The highest BCUT2D eigenvalue weighted by molar-refractivity contribution is 5.63. The molecule has 7 heteroatoms. The number of aliphatic hydroxyl groups is 1. The van der Waals surface area contributed by atoms with E-state index in [1.54, 1.807) is 0 Å². The number of hydrogen-bond acceptors (Lipinski definition) is 5. The van der Waals surface area contributed by atoms with Crippen LogP contribution in [0.3, 0.4) is 0 Å². The molecule has 1 aliphatic heterocycles. The van der Waals surface area contributed by atoms with E-state index in [-0.39, 0.29) is 6.61 Å². The van der Waals surface area contributed by atoms with E-state index in [0.717, 1.165) is 61.2 Å². The van der Waals surface area contributed by atoms with Gasteiger partial charge in [-0.3, -0.25) is 0 Å². The van der Waals surface area contributed by atoms with Crippen molar-refractivity contribution in [2.24, 2.45) is 0 Å². The lowest BCUT2D eigenvalue weighted by Gasteiger charge is -2.32. The first-order chi connectivity index (χ1) is 13.6. The zero-order valence-electron chi connectivity index (χ0n) is 16.5. The average molecular weight is 379 g/mol. The highest BCUT2D eigenvalue weighted by Gasteiger charge is 2.22. The smallest absolute Gasteiger partial charge is 0.253 e. The molecule has 1 saturated heterocycles. The first kappa shape index (κ1) is 18.6. The van der Waals surface area contributed by atoms with Gasteiger partial charge in [0, 0.05) is 17.3 Å². The number of aryl methyl sites for hydroxylation is 2. The molecule has 0 unspecified atom stereocenters. The van der Waals surface area contributed by atoms with Crippen LogP contribution in [0.1, 0.15) is 11.4 Å². The molecule has 146 valence electrons. The van der Waals surface area contributed by atoms with E-state index in [0.29, 0.717) is 5.95 Å². The summed E-state index contributed by atoms with van der Waals surface area (Å²) in [6.45, 7) is 8.88. The van der Waals surface area contributed by atoms with Crippen LogP contribution in [0.15, 0.2) is 42.5 Å². The Balaban J connectivity index is 1.72. The molecule has 0 aliphatic carbocycles. The molecule has 3 aromatic rings. The molecule has 1 aliphatic rings. The van der Waals surface area contributed by atoms with Crippen molar-refractivity contribution in [1.82, 2.24) is 19.7 Å². The summed E-state index contributed by atoms with van der Waals surface area (Å²) in [5.41, 5.74) is 3.94. The van der Waals surface area contributed by atoms with Gasteiger partial charge in [-0.1, -0.05) is 30.3 Å². The molecule has 0 saturated carbocycles. The molecule has 1 fully saturated rings. The highest BCUT2D eigenvalue weighted by Crippen LogP contribution is 2.23. The number of nitrogens with zero attached hydrogens (tertiary/aromatic N) is 5. The topological polar surface area (TPSA) is 71.5 Å². The quantitative estimate of drug-likeness (QED) is 0.681. The second-order valence-electron chi connectivity index (χ2n) is 7.33. The minimum Gasteiger partial charge on any atom is -0.391 e. The monoisotopic (exact) mass is 379 g/mol. The molecule has 2 N–H and O–H groups in total. The SMILES string of the molecule is Cc1cc(C)n(-c2nc(-c3ccccc3)cc(N3CC[NH+](CCO)CC3)n2)n1. The maximum Gasteiger partial charge on any atom is 0.253 e. The van der Waals surface area contributed by atoms with Gasteiger partial charge in [0.15, 0.2) is 0 Å². The van der Waals surface area contributed by atoms with E-state index < -0.39 is 0 Å². The van der Waals surface area contributed by atoms with E-state index in [1.165, 1.54) is 4.90 Å². The Labute approximate surface area is 165 Å². The number of benzene rings is 1. The van der Waals surface area contributed by atoms with Gasteiger partial charge in [0.05, 0.1) is 44.2 Å². The van der Waals surface area contributed by atoms with Crippen LogP contribution in [0.2, 0.25) is 0 Å². The summed E-state index contributed by atoms with van der Waals surface area (Å²) in [5.74, 6) is 1.53. The normalized spacial score (nSPS) is 15.2. The molecular formula is C21H27N6O+. The number of aliphatic hydroxyl groups excluding tert-OH is 1. The number of piperazine rings is 1. The Morgan fingerprint density at radius 1 is 1.04 bits per heavy atom. The molecule has 0 atom stereocenters. The summed E-state index contributed by atoms with van der Waals surface area (Å²) >= 11 is 0. The molecule has 0 bridgehead atoms. The summed E-state index contributed by atoms with van der Waals surface area (Å²) in [4.78, 5) is 13.4. The number of anilines is 1. The third kappa shape index (κ3) is 3.90. The van der Waals surface area contributed by atoms with Crippen LogP contribution in [-0.2, 0) is 0 Å². The Morgan fingerprint density at radius 2 is 1.79 bits per heavy atom. The molecule has 3 heterocycles. The van der Waals surface area contributed by atoms with Gasteiger partial charge in [0.1, 0.15) is 12.4 Å². The molecule has 4 rings (SSSR count). The number of hydrogen-bond donors (Lipinski definition) is 2. The van der Waals surface area contributed by atoms with Crippen LogP contribution in [0.25, 0.3) is 17.2 Å².